The minimum atomic E-state index is 0.699. The molecule has 2 heterocycles. The number of hydrogen-bond acceptors (Lipinski definition) is 3. The van der Waals surface area contributed by atoms with Gasteiger partial charge in [0, 0.05) is 11.8 Å². The first kappa shape index (κ1) is 10.1. The Labute approximate surface area is 98.9 Å². The molecule has 0 saturated carbocycles. The number of anilines is 1. The summed E-state index contributed by atoms with van der Waals surface area (Å²) in [7, 11) is 0. The second-order valence-corrected chi connectivity index (χ2v) is 4.20. The molecule has 3 N–H and O–H groups in total. The Bertz CT molecular complexity index is 684. The second-order valence-electron chi connectivity index (χ2n) is 4.20. The number of pyridine rings is 1. The first-order chi connectivity index (χ1) is 8.29. The molecule has 2 aromatic heterocycles. The number of aryl methyl sites for hydroxylation is 1. The summed E-state index contributed by atoms with van der Waals surface area (Å²) in [5.74, 6) is 1.01. The van der Waals surface area contributed by atoms with Crippen LogP contribution in [-0.2, 0) is 6.42 Å². The first-order valence-electron chi connectivity index (χ1n) is 5.81. The maximum Gasteiger partial charge on any atom is 0.107 e. The third-order valence-electron chi connectivity index (χ3n) is 2.91. The number of benzene rings is 1. The molecule has 17 heavy (non-hydrogen) atoms. The predicted octanol–water partition coefficient (Wildman–Crippen LogP) is 2.65. The van der Waals surface area contributed by atoms with Crippen molar-refractivity contribution >= 4 is 27.6 Å². The van der Waals surface area contributed by atoms with Gasteiger partial charge in [0.25, 0.3) is 0 Å². The molecule has 0 amide bonds. The summed E-state index contributed by atoms with van der Waals surface area (Å²) in [6, 6.07) is 5.81. The summed E-state index contributed by atoms with van der Waals surface area (Å²) in [5, 5.41) is 1.01. The Morgan fingerprint density at radius 2 is 2.18 bits per heavy atom. The van der Waals surface area contributed by atoms with Crippen LogP contribution in [0.4, 0.5) is 5.69 Å². The summed E-state index contributed by atoms with van der Waals surface area (Å²) in [5.41, 5.74) is 9.38. The highest BCUT2D eigenvalue weighted by Crippen LogP contribution is 2.25. The van der Waals surface area contributed by atoms with Gasteiger partial charge >= 0.3 is 0 Å². The predicted molar refractivity (Wildman–Crippen MR) is 69.8 cm³/mol. The van der Waals surface area contributed by atoms with Crippen LogP contribution in [0.2, 0.25) is 0 Å². The molecule has 0 unspecified atom stereocenters. The van der Waals surface area contributed by atoms with E-state index in [4.69, 9.17) is 5.73 Å². The van der Waals surface area contributed by atoms with E-state index in [0.29, 0.717) is 5.69 Å². The average Bonchev–Trinajstić information content (AvgIpc) is 2.73. The number of nitrogens with two attached hydrogens (primary N) is 1. The minimum Gasteiger partial charge on any atom is -0.397 e. The number of aromatic nitrogens is 3. The molecule has 86 valence electrons. The van der Waals surface area contributed by atoms with Gasteiger partial charge in [-0.3, -0.25) is 4.98 Å². The van der Waals surface area contributed by atoms with Gasteiger partial charge in [-0.25, -0.2) is 4.98 Å². The summed E-state index contributed by atoms with van der Waals surface area (Å²) < 4.78 is 0. The second kappa shape index (κ2) is 3.73. The summed E-state index contributed by atoms with van der Waals surface area (Å²) in [6.45, 7) is 2.14. The molecule has 4 nitrogen and oxygen atoms in total. The van der Waals surface area contributed by atoms with Gasteiger partial charge in [-0.05, 0) is 12.5 Å². The number of nitrogens with one attached hydrogen (secondary N) is 1. The maximum absolute atomic E-state index is 5.91. The number of fused-ring (bicyclic) bond motifs is 3. The zero-order valence-electron chi connectivity index (χ0n) is 9.70. The molecule has 0 radical (unpaired) electrons. The topological polar surface area (TPSA) is 67.6 Å². The van der Waals surface area contributed by atoms with Crippen molar-refractivity contribution < 1.29 is 0 Å². The van der Waals surface area contributed by atoms with Crippen LogP contribution in [0.5, 0.6) is 0 Å². The quantitative estimate of drug-likeness (QED) is 0.660. The lowest BCUT2D eigenvalue weighted by atomic mass is 10.2. The molecular weight excluding hydrogens is 212 g/mol. The highest BCUT2D eigenvalue weighted by molar-refractivity contribution is 6.05. The standard InChI is InChI=1S/C13H14N4/c1-2-4-11-16-10-7-15-12-8(13(10)17-11)5-3-6-9(12)14/h3,5-7H,2,4,14H2,1H3,(H,16,17). The normalized spacial score (nSPS) is 11.4. The molecule has 0 fully saturated rings. The fourth-order valence-electron chi connectivity index (χ4n) is 2.12. The Kier molecular flexibility index (Phi) is 2.21. The van der Waals surface area contributed by atoms with Crippen LogP contribution in [0.15, 0.2) is 24.4 Å². The van der Waals surface area contributed by atoms with Crippen LogP contribution in [0.25, 0.3) is 21.9 Å². The van der Waals surface area contributed by atoms with E-state index >= 15 is 0 Å². The van der Waals surface area contributed by atoms with E-state index in [0.717, 1.165) is 40.6 Å². The molecule has 0 aliphatic carbocycles. The third kappa shape index (κ3) is 1.53. The van der Waals surface area contributed by atoms with E-state index in [1.165, 1.54) is 0 Å². The lowest BCUT2D eigenvalue weighted by molar-refractivity contribution is 0.861. The number of para-hydroxylation sites is 1. The average molecular weight is 226 g/mol. The highest BCUT2D eigenvalue weighted by atomic mass is 14.9. The van der Waals surface area contributed by atoms with Crippen molar-refractivity contribution in [2.45, 2.75) is 19.8 Å². The van der Waals surface area contributed by atoms with E-state index in [1.807, 2.05) is 18.2 Å². The molecule has 3 aromatic rings. The van der Waals surface area contributed by atoms with E-state index in [9.17, 15) is 0 Å². The van der Waals surface area contributed by atoms with Crippen molar-refractivity contribution in [2.24, 2.45) is 0 Å². The summed E-state index contributed by atoms with van der Waals surface area (Å²) in [4.78, 5) is 12.3. The van der Waals surface area contributed by atoms with Crippen molar-refractivity contribution in [1.82, 2.24) is 15.0 Å². The monoisotopic (exact) mass is 226 g/mol. The molecular formula is C13H14N4. The van der Waals surface area contributed by atoms with Gasteiger partial charge in [-0.2, -0.15) is 0 Å². The van der Waals surface area contributed by atoms with Crippen LogP contribution < -0.4 is 5.73 Å². The number of hydrogen-bond donors (Lipinski definition) is 2. The lowest BCUT2D eigenvalue weighted by Crippen LogP contribution is -1.89. The van der Waals surface area contributed by atoms with Gasteiger partial charge in [-0.15, -0.1) is 0 Å². The molecule has 0 spiro atoms. The molecule has 0 atom stereocenters. The number of aromatic amines is 1. The molecule has 3 rings (SSSR count). The number of H-pyrrole nitrogens is 1. The Morgan fingerprint density at radius 1 is 1.29 bits per heavy atom. The zero-order valence-corrected chi connectivity index (χ0v) is 9.70. The SMILES string of the molecule is CCCc1nc2c(cnc3c(N)cccc32)[nH]1. The van der Waals surface area contributed by atoms with Crippen molar-refractivity contribution in [2.75, 3.05) is 5.73 Å². The van der Waals surface area contributed by atoms with E-state index in [2.05, 4.69) is 21.9 Å². The first-order valence-corrected chi connectivity index (χ1v) is 5.81. The number of rotatable bonds is 2. The number of nitrogens with zero attached hydrogens (tertiary/aromatic N) is 2. The summed E-state index contributed by atoms with van der Waals surface area (Å²) in [6.07, 6.45) is 3.84. The van der Waals surface area contributed by atoms with Crippen LogP contribution >= 0.6 is 0 Å². The Morgan fingerprint density at radius 3 is 3.00 bits per heavy atom. The van der Waals surface area contributed by atoms with Crippen molar-refractivity contribution in [3.8, 4) is 0 Å². The zero-order chi connectivity index (χ0) is 11.8. The van der Waals surface area contributed by atoms with Gasteiger partial charge in [0.05, 0.1) is 28.4 Å². The molecule has 4 heteroatoms. The largest absolute Gasteiger partial charge is 0.397 e. The third-order valence-corrected chi connectivity index (χ3v) is 2.91. The van der Waals surface area contributed by atoms with Gasteiger partial charge in [0.1, 0.15) is 5.82 Å². The Hall–Kier alpha value is -2.10. The fourth-order valence-corrected chi connectivity index (χ4v) is 2.12. The van der Waals surface area contributed by atoms with Gasteiger partial charge in [0.2, 0.25) is 0 Å². The Balaban J connectivity index is 2.35. The van der Waals surface area contributed by atoms with Crippen LogP contribution in [0.1, 0.15) is 19.2 Å². The van der Waals surface area contributed by atoms with Gasteiger partial charge in [0.15, 0.2) is 0 Å². The molecule has 0 aliphatic heterocycles. The van der Waals surface area contributed by atoms with Crippen LogP contribution in [0.3, 0.4) is 0 Å². The smallest absolute Gasteiger partial charge is 0.107 e. The van der Waals surface area contributed by atoms with E-state index in [-0.39, 0.29) is 0 Å². The molecule has 0 aliphatic rings. The molecule has 0 bridgehead atoms. The highest BCUT2D eigenvalue weighted by Gasteiger charge is 2.08. The molecule has 0 saturated heterocycles. The van der Waals surface area contributed by atoms with Crippen LogP contribution in [0, 0.1) is 0 Å². The van der Waals surface area contributed by atoms with E-state index in [1.54, 1.807) is 6.20 Å². The number of imidazole rings is 1. The molecule has 1 aromatic carbocycles. The fraction of sp³-hybridized carbons (Fsp3) is 0.231. The van der Waals surface area contributed by atoms with Crippen molar-refractivity contribution in [3.05, 3.63) is 30.2 Å². The maximum atomic E-state index is 5.91. The van der Waals surface area contributed by atoms with Crippen molar-refractivity contribution in [1.29, 1.82) is 0 Å². The van der Waals surface area contributed by atoms with Crippen LogP contribution in [-0.4, -0.2) is 15.0 Å². The summed E-state index contributed by atoms with van der Waals surface area (Å²) >= 11 is 0. The lowest BCUT2D eigenvalue weighted by Gasteiger charge is -2.00. The van der Waals surface area contributed by atoms with Gasteiger partial charge in [-0.1, -0.05) is 19.1 Å². The number of nitrogen functional groups attached to an aromatic ring is 1. The minimum absolute atomic E-state index is 0.699. The van der Waals surface area contributed by atoms with Gasteiger partial charge < -0.3 is 10.7 Å². The van der Waals surface area contributed by atoms with Crippen molar-refractivity contribution in [3.63, 3.8) is 0 Å². The van der Waals surface area contributed by atoms with E-state index < -0.39 is 0 Å².